The van der Waals surface area contributed by atoms with Crippen molar-refractivity contribution in [2.45, 2.75) is 11.4 Å². The van der Waals surface area contributed by atoms with Gasteiger partial charge in [0.15, 0.2) is 11.5 Å². The Labute approximate surface area is 172 Å². The summed E-state index contributed by atoms with van der Waals surface area (Å²) in [7, 11) is -3.83. The van der Waals surface area contributed by atoms with E-state index in [1.54, 1.807) is 0 Å². The summed E-state index contributed by atoms with van der Waals surface area (Å²) < 4.78 is 37.8. The number of ether oxygens (including phenoxy) is 2. The van der Waals surface area contributed by atoms with Crippen LogP contribution in [0.25, 0.3) is 0 Å². The molecule has 0 amide bonds. The van der Waals surface area contributed by atoms with Gasteiger partial charge in [-0.15, -0.1) is 0 Å². The number of nitro benzene ring substituents is 1. The van der Waals surface area contributed by atoms with Gasteiger partial charge in [-0.3, -0.25) is 15.0 Å². The van der Waals surface area contributed by atoms with Gasteiger partial charge in [-0.25, -0.2) is 8.42 Å². The van der Waals surface area contributed by atoms with Gasteiger partial charge in [0.1, 0.15) is 5.02 Å². The van der Waals surface area contributed by atoms with Gasteiger partial charge in [-0.05, 0) is 29.8 Å². The molecule has 0 atom stereocenters. The number of benzene rings is 2. The SMILES string of the molecule is O=[N+]([O-])c1cc(S(=O)(=O)N2CCN(Cc3ccc4c(c3)OCO4)CC2)ccc1Cl. The fourth-order valence-electron chi connectivity index (χ4n) is 3.37. The lowest BCUT2D eigenvalue weighted by Gasteiger charge is -2.34. The van der Waals surface area contributed by atoms with Gasteiger partial charge in [-0.1, -0.05) is 17.7 Å². The van der Waals surface area contributed by atoms with Crippen LogP contribution in [0.5, 0.6) is 11.5 Å². The summed E-state index contributed by atoms with van der Waals surface area (Å²) >= 11 is 5.78. The van der Waals surface area contributed by atoms with E-state index in [-0.39, 0.29) is 16.7 Å². The number of halogens is 1. The Kier molecular flexibility index (Phi) is 5.34. The number of hydrogen-bond acceptors (Lipinski definition) is 7. The van der Waals surface area contributed by atoms with Crippen LogP contribution in [-0.4, -0.2) is 55.5 Å². The molecule has 2 heterocycles. The molecule has 2 aromatic rings. The minimum absolute atomic E-state index is 0.0949. The van der Waals surface area contributed by atoms with Crippen molar-refractivity contribution in [1.82, 2.24) is 9.21 Å². The van der Waals surface area contributed by atoms with Crippen LogP contribution < -0.4 is 9.47 Å². The van der Waals surface area contributed by atoms with Crippen molar-refractivity contribution in [3.8, 4) is 11.5 Å². The zero-order valence-corrected chi connectivity index (χ0v) is 16.9. The van der Waals surface area contributed by atoms with Crippen LogP contribution in [-0.2, 0) is 16.6 Å². The third-order valence-electron chi connectivity index (χ3n) is 4.93. The van der Waals surface area contributed by atoms with E-state index in [0.717, 1.165) is 17.4 Å². The number of nitro groups is 1. The maximum atomic E-state index is 12.9. The first-order valence-electron chi connectivity index (χ1n) is 8.89. The molecule has 154 valence electrons. The zero-order valence-electron chi connectivity index (χ0n) is 15.3. The van der Waals surface area contributed by atoms with E-state index in [0.29, 0.717) is 38.5 Å². The third-order valence-corrected chi connectivity index (χ3v) is 7.14. The fraction of sp³-hybridized carbons (Fsp3) is 0.333. The Bertz CT molecular complexity index is 1050. The van der Waals surface area contributed by atoms with Crippen LogP contribution in [0.2, 0.25) is 5.02 Å². The van der Waals surface area contributed by atoms with Crippen LogP contribution in [0.1, 0.15) is 5.56 Å². The maximum absolute atomic E-state index is 12.9. The monoisotopic (exact) mass is 439 g/mol. The average molecular weight is 440 g/mol. The van der Waals surface area contributed by atoms with Gasteiger partial charge in [-0.2, -0.15) is 4.31 Å². The molecule has 2 aliphatic heterocycles. The predicted octanol–water partition coefficient (Wildman–Crippen LogP) is 2.48. The Morgan fingerprint density at radius 3 is 2.48 bits per heavy atom. The van der Waals surface area contributed by atoms with E-state index in [4.69, 9.17) is 21.1 Å². The molecule has 0 bridgehead atoms. The topological polar surface area (TPSA) is 102 Å². The predicted molar refractivity (Wildman–Crippen MR) is 105 cm³/mol. The Balaban J connectivity index is 1.42. The second-order valence-corrected chi connectivity index (χ2v) is 9.08. The molecule has 0 spiro atoms. The highest BCUT2D eigenvalue weighted by molar-refractivity contribution is 7.89. The molecular weight excluding hydrogens is 422 g/mol. The van der Waals surface area contributed by atoms with Crippen molar-refractivity contribution in [2.75, 3.05) is 33.0 Å². The highest BCUT2D eigenvalue weighted by Gasteiger charge is 2.30. The van der Waals surface area contributed by atoms with Crippen molar-refractivity contribution in [2.24, 2.45) is 0 Å². The minimum atomic E-state index is -3.83. The van der Waals surface area contributed by atoms with E-state index < -0.39 is 20.6 Å². The summed E-state index contributed by atoms with van der Waals surface area (Å²) in [5.41, 5.74) is 0.632. The standard InChI is InChI=1S/C18H18ClN3O6S/c19-15-3-2-14(10-16(15)22(23)24)29(25,26)21-7-5-20(6-8-21)11-13-1-4-17-18(9-13)28-12-27-17/h1-4,9-10H,5-8,11-12H2. The van der Waals surface area contributed by atoms with E-state index in [1.807, 2.05) is 18.2 Å². The second-order valence-electron chi connectivity index (χ2n) is 6.74. The average Bonchev–Trinajstić information content (AvgIpc) is 3.16. The van der Waals surface area contributed by atoms with Gasteiger partial charge >= 0.3 is 0 Å². The molecular formula is C18H18ClN3O6S. The second kappa shape index (κ2) is 7.79. The van der Waals surface area contributed by atoms with Crippen molar-refractivity contribution in [3.05, 3.63) is 57.1 Å². The quantitative estimate of drug-likeness (QED) is 0.520. The van der Waals surface area contributed by atoms with E-state index in [2.05, 4.69) is 4.90 Å². The molecule has 0 unspecified atom stereocenters. The van der Waals surface area contributed by atoms with Gasteiger partial charge in [0.05, 0.1) is 9.82 Å². The summed E-state index contributed by atoms with van der Waals surface area (Å²) in [6, 6.07) is 9.30. The molecule has 2 aromatic carbocycles. The van der Waals surface area contributed by atoms with Gasteiger partial charge in [0.25, 0.3) is 5.69 Å². The fourth-order valence-corrected chi connectivity index (χ4v) is 5.00. The number of nitrogens with zero attached hydrogens (tertiary/aromatic N) is 3. The molecule has 0 N–H and O–H groups in total. The van der Waals surface area contributed by atoms with Crippen molar-refractivity contribution >= 4 is 27.3 Å². The number of sulfonamides is 1. The van der Waals surface area contributed by atoms with Gasteiger partial charge in [0.2, 0.25) is 16.8 Å². The molecule has 0 radical (unpaired) electrons. The van der Waals surface area contributed by atoms with Crippen LogP contribution in [0.15, 0.2) is 41.3 Å². The molecule has 1 saturated heterocycles. The Hall–Kier alpha value is -2.40. The molecule has 1 fully saturated rings. The van der Waals surface area contributed by atoms with E-state index >= 15 is 0 Å². The molecule has 2 aliphatic rings. The molecule has 11 heteroatoms. The molecule has 0 saturated carbocycles. The summed E-state index contributed by atoms with van der Waals surface area (Å²) in [6.45, 7) is 2.56. The Morgan fingerprint density at radius 2 is 1.76 bits per heavy atom. The van der Waals surface area contributed by atoms with Crippen LogP contribution >= 0.6 is 11.6 Å². The van der Waals surface area contributed by atoms with Crippen LogP contribution in [0.3, 0.4) is 0 Å². The lowest BCUT2D eigenvalue weighted by Crippen LogP contribution is -2.48. The number of fused-ring (bicyclic) bond motifs is 1. The van der Waals surface area contributed by atoms with Gasteiger partial charge < -0.3 is 9.47 Å². The number of hydrogen-bond donors (Lipinski definition) is 0. The van der Waals surface area contributed by atoms with E-state index in [9.17, 15) is 18.5 Å². The molecule has 0 aromatic heterocycles. The van der Waals surface area contributed by atoms with Crippen LogP contribution in [0.4, 0.5) is 5.69 Å². The maximum Gasteiger partial charge on any atom is 0.289 e. The highest BCUT2D eigenvalue weighted by Crippen LogP contribution is 2.33. The first kappa shape index (κ1) is 19.9. The first-order valence-corrected chi connectivity index (χ1v) is 10.7. The van der Waals surface area contributed by atoms with Crippen molar-refractivity contribution in [3.63, 3.8) is 0 Å². The van der Waals surface area contributed by atoms with E-state index in [1.165, 1.54) is 16.4 Å². The smallest absolute Gasteiger partial charge is 0.289 e. The summed E-state index contributed by atoms with van der Waals surface area (Å²) in [5.74, 6) is 1.44. The minimum Gasteiger partial charge on any atom is -0.454 e. The lowest BCUT2D eigenvalue weighted by atomic mass is 10.2. The lowest BCUT2D eigenvalue weighted by molar-refractivity contribution is -0.384. The van der Waals surface area contributed by atoms with Gasteiger partial charge in [0, 0.05) is 38.8 Å². The zero-order chi connectivity index (χ0) is 20.6. The number of piperazine rings is 1. The summed E-state index contributed by atoms with van der Waals surface area (Å²) in [5, 5.41) is 11.0. The first-order chi connectivity index (χ1) is 13.8. The molecule has 29 heavy (non-hydrogen) atoms. The number of rotatable bonds is 5. The molecule has 4 rings (SSSR count). The molecule has 0 aliphatic carbocycles. The largest absolute Gasteiger partial charge is 0.454 e. The third kappa shape index (κ3) is 4.01. The summed E-state index contributed by atoms with van der Waals surface area (Å²) in [6.07, 6.45) is 0. The molecule has 9 nitrogen and oxygen atoms in total. The Morgan fingerprint density at radius 1 is 1.03 bits per heavy atom. The highest BCUT2D eigenvalue weighted by atomic mass is 35.5. The summed E-state index contributed by atoms with van der Waals surface area (Å²) in [4.78, 5) is 12.4. The normalized spacial score (nSPS) is 17.4. The van der Waals surface area contributed by atoms with Crippen molar-refractivity contribution in [1.29, 1.82) is 0 Å². The van der Waals surface area contributed by atoms with Crippen molar-refractivity contribution < 1.29 is 22.8 Å². The van der Waals surface area contributed by atoms with Crippen LogP contribution in [0, 0.1) is 10.1 Å².